The van der Waals surface area contributed by atoms with Gasteiger partial charge in [0.05, 0.1) is 28.3 Å². The highest BCUT2D eigenvalue weighted by atomic mass is 16.5. The molecule has 1 saturated heterocycles. The molecule has 0 unspecified atom stereocenters. The summed E-state index contributed by atoms with van der Waals surface area (Å²) in [5, 5.41) is 13.9. The third-order valence-corrected chi connectivity index (χ3v) is 5.25. The molecular weight excluding hydrogens is 358 g/mol. The van der Waals surface area contributed by atoms with E-state index >= 15 is 0 Å². The predicted molar refractivity (Wildman–Crippen MR) is 103 cm³/mol. The minimum absolute atomic E-state index is 0.210. The molecule has 1 amide bonds. The fraction of sp³-hybridized carbons (Fsp3) is 0.333. The first-order chi connectivity index (χ1) is 13.4. The van der Waals surface area contributed by atoms with Crippen molar-refractivity contribution in [1.82, 2.24) is 15.0 Å². The summed E-state index contributed by atoms with van der Waals surface area (Å²) in [5.74, 6) is -1.60. The number of rotatable bonds is 3. The van der Waals surface area contributed by atoms with E-state index in [1.807, 2.05) is 31.2 Å². The molecule has 1 aliphatic rings. The largest absolute Gasteiger partial charge is 0.481 e. The van der Waals surface area contributed by atoms with E-state index in [0.29, 0.717) is 47.4 Å². The maximum absolute atomic E-state index is 13.3. The van der Waals surface area contributed by atoms with E-state index in [9.17, 15) is 14.7 Å². The molecule has 3 heterocycles. The van der Waals surface area contributed by atoms with Gasteiger partial charge in [0.2, 0.25) is 0 Å². The number of fused-ring (bicyclic) bond motifs is 1. The number of aryl methyl sites for hydroxylation is 2. The van der Waals surface area contributed by atoms with Crippen molar-refractivity contribution < 1.29 is 19.2 Å². The van der Waals surface area contributed by atoms with Gasteiger partial charge in [0.15, 0.2) is 0 Å². The normalized spacial score (nSPS) is 17.1. The fourth-order valence-corrected chi connectivity index (χ4v) is 3.67. The first-order valence-electron chi connectivity index (χ1n) is 9.30. The number of aliphatic carboxylic acids is 1. The van der Waals surface area contributed by atoms with Crippen molar-refractivity contribution in [3.8, 4) is 11.3 Å². The van der Waals surface area contributed by atoms with E-state index in [0.717, 1.165) is 11.1 Å². The molecule has 1 aromatic carbocycles. The van der Waals surface area contributed by atoms with Gasteiger partial charge < -0.3 is 14.5 Å². The van der Waals surface area contributed by atoms with Gasteiger partial charge in [-0.1, -0.05) is 35.0 Å². The molecule has 4 rings (SSSR count). The lowest BCUT2D eigenvalue weighted by Gasteiger charge is -2.31. The molecule has 0 bridgehead atoms. The van der Waals surface area contributed by atoms with Gasteiger partial charge in [-0.25, -0.2) is 4.98 Å². The van der Waals surface area contributed by atoms with Crippen LogP contribution in [-0.2, 0) is 4.79 Å². The van der Waals surface area contributed by atoms with E-state index in [-0.39, 0.29) is 12.5 Å². The number of amides is 1. The van der Waals surface area contributed by atoms with Gasteiger partial charge in [0, 0.05) is 18.7 Å². The number of pyridine rings is 1. The summed E-state index contributed by atoms with van der Waals surface area (Å²) in [4.78, 5) is 30.8. The number of carbonyl (C=O) groups excluding carboxylic acids is 1. The average Bonchev–Trinajstić information content (AvgIpc) is 3.08. The molecule has 7 heteroatoms. The van der Waals surface area contributed by atoms with Crippen LogP contribution in [-0.4, -0.2) is 45.1 Å². The van der Waals surface area contributed by atoms with Gasteiger partial charge in [0.25, 0.3) is 11.6 Å². The maximum Gasteiger partial charge on any atom is 0.308 e. The summed E-state index contributed by atoms with van der Waals surface area (Å²) in [6, 6.07) is 9.61. The minimum Gasteiger partial charge on any atom is -0.481 e. The summed E-state index contributed by atoms with van der Waals surface area (Å²) in [5.41, 5.74) is 3.98. The van der Waals surface area contributed by atoms with Crippen molar-refractivity contribution in [2.45, 2.75) is 26.7 Å². The second-order valence-corrected chi connectivity index (χ2v) is 7.30. The number of likely N-dealkylation sites (tertiary alicyclic amines) is 1. The van der Waals surface area contributed by atoms with Gasteiger partial charge in [-0.15, -0.1) is 0 Å². The zero-order chi connectivity index (χ0) is 19.8. The zero-order valence-corrected chi connectivity index (χ0v) is 15.8. The van der Waals surface area contributed by atoms with Gasteiger partial charge in [0.1, 0.15) is 0 Å². The molecule has 1 N–H and O–H groups in total. The summed E-state index contributed by atoms with van der Waals surface area (Å²) >= 11 is 0. The first-order valence-corrected chi connectivity index (χ1v) is 9.30. The Hall–Kier alpha value is -3.22. The van der Waals surface area contributed by atoms with E-state index < -0.39 is 11.9 Å². The highest BCUT2D eigenvalue weighted by molar-refractivity contribution is 6.07. The van der Waals surface area contributed by atoms with Crippen LogP contribution in [0.25, 0.3) is 22.4 Å². The van der Waals surface area contributed by atoms with Gasteiger partial charge in [-0.3, -0.25) is 9.59 Å². The Morgan fingerprint density at radius 2 is 1.96 bits per heavy atom. The Labute approximate surface area is 162 Å². The molecule has 3 aromatic rings. The molecule has 1 aliphatic heterocycles. The number of aromatic nitrogens is 2. The van der Waals surface area contributed by atoms with Crippen LogP contribution in [0.3, 0.4) is 0 Å². The average molecular weight is 379 g/mol. The molecule has 0 spiro atoms. The summed E-state index contributed by atoms with van der Waals surface area (Å²) in [6.45, 7) is 4.52. The van der Waals surface area contributed by atoms with Crippen LogP contribution in [0.4, 0.5) is 0 Å². The zero-order valence-electron chi connectivity index (χ0n) is 15.8. The van der Waals surface area contributed by atoms with Gasteiger partial charge >= 0.3 is 5.97 Å². The quantitative estimate of drug-likeness (QED) is 0.749. The van der Waals surface area contributed by atoms with Crippen LogP contribution in [0.2, 0.25) is 0 Å². The molecule has 2 aromatic heterocycles. The third kappa shape index (κ3) is 3.24. The Balaban J connectivity index is 1.78. The van der Waals surface area contributed by atoms with Crippen LogP contribution in [0.1, 0.15) is 34.5 Å². The highest BCUT2D eigenvalue weighted by Gasteiger charge is 2.30. The molecule has 1 atom stereocenters. The van der Waals surface area contributed by atoms with Crippen molar-refractivity contribution in [3.63, 3.8) is 0 Å². The minimum atomic E-state index is -0.862. The molecular formula is C21H21N3O4. The third-order valence-electron chi connectivity index (χ3n) is 5.25. The Kier molecular flexibility index (Phi) is 4.58. The number of hydrogen-bond acceptors (Lipinski definition) is 5. The summed E-state index contributed by atoms with van der Waals surface area (Å²) < 4.78 is 5.35. The SMILES string of the molecule is Cc1ccc(-c2cc(C(=O)N3CCC[C@H](C(=O)O)C3)c3c(C)noc3n2)cc1. The van der Waals surface area contributed by atoms with Gasteiger partial charge in [-0.05, 0) is 32.8 Å². The number of nitrogens with zero attached hydrogens (tertiary/aromatic N) is 3. The van der Waals surface area contributed by atoms with Crippen LogP contribution < -0.4 is 0 Å². The number of benzene rings is 1. The second-order valence-electron chi connectivity index (χ2n) is 7.30. The Bertz CT molecular complexity index is 1060. The van der Waals surface area contributed by atoms with Crippen molar-refractivity contribution in [3.05, 3.63) is 47.2 Å². The number of carboxylic acid groups (broad SMARTS) is 1. The van der Waals surface area contributed by atoms with E-state index in [2.05, 4.69) is 10.1 Å². The van der Waals surface area contributed by atoms with Crippen molar-refractivity contribution in [1.29, 1.82) is 0 Å². The first kappa shape index (κ1) is 18.2. The Morgan fingerprint density at radius 3 is 2.68 bits per heavy atom. The number of piperidine rings is 1. The van der Waals surface area contributed by atoms with Crippen molar-refractivity contribution in [2.75, 3.05) is 13.1 Å². The number of carbonyl (C=O) groups is 2. The van der Waals surface area contributed by atoms with Crippen LogP contribution in [0.15, 0.2) is 34.9 Å². The van der Waals surface area contributed by atoms with Crippen LogP contribution >= 0.6 is 0 Å². The lowest BCUT2D eigenvalue weighted by Crippen LogP contribution is -2.42. The van der Waals surface area contributed by atoms with E-state index in [4.69, 9.17) is 4.52 Å². The summed E-state index contributed by atoms with van der Waals surface area (Å²) in [7, 11) is 0. The molecule has 0 aliphatic carbocycles. The molecule has 0 saturated carbocycles. The Morgan fingerprint density at radius 1 is 1.21 bits per heavy atom. The predicted octanol–water partition coefficient (Wildman–Crippen LogP) is 3.44. The fourth-order valence-electron chi connectivity index (χ4n) is 3.67. The van der Waals surface area contributed by atoms with Crippen molar-refractivity contribution in [2.24, 2.45) is 5.92 Å². The highest BCUT2D eigenvalue weighted by Crippen LogP contribution is 2.29. The van der Waals surface area contributed by atoms with E-state index in [1.165, 1.54) is 0 Å². The van der Waals surface area contributed by atoms with Gasteiger partial charge in [-0.2, -0.15) is 0 Å². The standard InChI is InChI=1S/C21H21N3O4/c1-12-5-7-14(8-6-12)17-10-16(18-13(2)23-28-19(18)22-17)20(25)24-9-3-4-15(11-24)21(26)27/h5-8,10,15H,3-4,9,11H2,1-2H3,(H,26,27)/t15-/m0/s1. The second kappa shape index (κ2) is 7.07. The number of hydrogen-bond donors (Lipinski definition) is 1. The maximum atomic E-state index is 13.3. The molecule has 7 nitrogen and oxygen atoms in total. The molecule has 0 radical (unpaired) electrons. The van der Waals surface area contributed by atoms with Crippen LogP contribution in [0, 0.1) is 19.8 Å². The summed E-state index contributed by atoms with van der Waals surface area (Å²) in [6.07, 6.45) is 1.26. The van der Waals surface area contributed by atoms with E-state index in [1.54, 1.807) is 17.9 Å². The molecule has 144 valence electrons. The monoisotopic (exact) mass is 379 g/mol. The molecule has 28 heavy (non-hydrogen) atoms. The van der Waals surface area contributed by atoms with Crippen LogP contribution in [0.5, 0.6) is 0 Å². The number of carboxylic acids is 1. The van der Waals surface area contributed by atoms with Crippen molar-refractivity contribution >= 4 is 23.0 Å². The lowest BCUT2D eigenvalue weighted by atomic mass is 9.97. The molecule has 1 fully saturated rings. The lowest BCUT2D eigenvalue weighted by molar-refractivity contribution is -0.143. The smallest absolute Gasteiger partial charge is 0.308 e. The topological polar surface area (TPSA) is 96.5 Å².